The molecular formula is C10H11FN2O3. The third kappa shape index (κ3) is 3.56. The second-order valence-corrected chi connectivity index (χ2v) is 2.81. The summed E-state index contributed by atoms with van der Waals surface area (Å²) in [6.45, 7) is 1.85. The van der Waals surface area contributed by atoms with Crippen LogP contribution in [0.3, 0.4) is 0 Å². The molecule has 1 aromatic carbocycles. The Bertz CT molecular complexity index is 378. The van der Waals surface area contributed by atoms with E-state index < -0.39 is 17.8 Å². The molecule has 0 bridgehead atoms. The highest BCUT2D eigenvalue weighted by atomic mass is 19.1. The van der Waals surface area contributed by atoms with Gasteiger partial charge in [-0.2, -0.15) is 0 Å². The second-order valence-electron chi connectivity index (χ2n) is 2.81. The molecule has 0 unspecified atom stereocenters. The summed E-state index contributed by atoms with van der Waals surface area (Å²) in [6.07, 6.45) is -0.752. The standard InChI is InChI=1S/C10H11FN2O3/c1-2-16-10(15)13-12-9(14)7-3-5-8(11)6-4-7/h3-6H,2H2,1H3,(H,12,14)(H,13,15). The summed E-state index contributed by atoms with van der Waals surface area (Å²) in [7, 11) is 0. The average molecular weight is 226 g/mol. The molecule has 0 atom stereocenters. The molecule has 0 radical (unpaired) electrons. The highest BCUT2D eigenvalue weighted by molar-refractivity contribution is 5.94. The number of rotatable bonds is 2. The highest BCUT2D eigenvalue weighted by Crippen LogP contribution is 2.01. The van der Waals surface area contributed by atoms with Gasteiger partial charge in [0.25, 0.3) is 5.91 Å². The molecule has 0 aromatic heterocycles. The Labute approximate surface area is 91.6 Å². The molecule has 0 aliphatic carbocycles. The number of benzene rings is 1. The zero-order valence-corrected chi connectivity index (χ0v) is 8.62. The maximum Gasteiger partial charge on any atom is 0.426 e. The van der Waals surface area contributed by atoms with Crippen molar-refractivity contribution in [1.82, 2.24) is 10.9 Å². The van der Waals surface area contributed by atoms with E-state index in [0.717, 1.165) is 12.1 Å². The first-order chi connectivity index (χ1) is 7.63. The van der Waals surface area contributed by atoms with Crippen LogP contribution >= 0.6 is 0 Å². The molecule has 0 heterocycles. The number of hydrogen-bond acceptors (Lipinski definition) is 3. The van der Waals surface area contributed by atoms with Crippen LogP contribution in [-0.2, 0) is 4.74 Å². The fraction of sp³-hybridized carbons (Fsp3) is 0.200. The van der Waals surface area contributed by atoms with Crippen molar-refractivity contribution < 1.29 is 18.7 Å². The first-order valence-corrected chi connectivity index (χ1v) is 4.62. The van der Waals surface area contributed by atoms with Crippen molar-refractivity contribution >= 4 is 12.0 Å². The van der Waals surface area contributed by atoms with Gasteiger partial charge in [-0.3, -0.25) is 10.2 Å². The van der Waals surface area contributed by atoms with Crippen LogP contribution in [0.4, 0.5) is 9.18 Å². The van der Waals surface area contributed by atoms with Crippen molar-refractivity contribution in [1.29, 1.82) is 0 Å². The first kappa shape index (κ1) is 12.0. The number of ether oxygens (including phenoxy) is 1. The zero-order valence-electron chi connectivity index (χ0n) is 8.62. The Morgan fingerprint density at radius 3 is 2.44 bits per heavy atom. The molecule has 0 fully saturated rings. The molecule has 0 saturated heterocycles. The lowest BCUT2D eigenvalue weighted by Crippen LogP contribution is -2.41. The normalized spacial score (nSPS) is 9.38. The van der Waals surface area contributed by atoms with Crippen molar-refractivity contribution in [3.63, 3.8) is 0 Å². The van der Waals surface area contributed by atoms with Crippen molar-refractivity contribution in [2.45, 2.75) is 6.92 Å². The van der Waals surface area contributed by atoms with E-state index in [2.05, 4.69) is 10.2 Å². The van der Waals surface area contributed by atoms with Crippen LogP contribution in [0.5, 0.6) is 0 Å². The molecule has 0 saturated carbocycles. The summed E-state index contributed by atoms with van der Waals surface area (Å²) in [5.74, 6) is -0.983. The third-order valence-corrected chi connectivity index (χ3v) is 1.66. The Hall–Kier alpha value is -2.11. The minimum atomic E-state index is -0.752. The molecule has 16 heavy (non-hydrogen) atoms. The third-order valence-electron chi connectivity index (χ3n) is 1.66. The van der Waals surface area contributed by atoms with Crippen molar-refractivity contribution in [2.24, 2.45) is 0 Å². The largest absolute Gasteiger partial charge is 0.449 e. The summed E-state index contributed by atoms with van der Waals surface area (Å²) < 4.78 is 17.1. The van der Waals surface area contributed by atoms with Gasteiger partial charge in [-0.1, -0.05) is 0 Å². The average Bonchev–Trinajstić information content (AvgIpc) is 2.27. The van der Waals surface area contributed by atoms with Gasteiger partial charge >= 0.3 is 6.09 Å². The highest BCUT2D eigenvalue weighted by Gasteiger charge is 2.06. The lowest BCUT2D eigenvalue weighted by Gasteiger charge is -2.06. The molecular weight excluding hydrogens is 215 g/mol. The summed E-state index contributed by atoms with van der Waals surface area (Å²) in [4.78, 5) is 22.2. The fourth-order valence-electron chi connectivity index (χ4n) is 0.948. The topological polar surface area (TPSA) is 67.4 Å². The van der Waals surface area contributed by atoms with Crippen LogP contribution in [0.1, 0.15) is 17.3 Å². The number of halogens is 1. The van der Waals surface area contributed by atoms with Crippen LogP contribution in [0, 0.1) is 5.82 Å². The number of hydrazine groups is 1. The van der Waals surface area contributed by atoms with E-state index in [9.17, 15) is 14.0 Å². The van der Waals surface area contributed by atoms with Crippen LogP contribution in [0.15, 0.2) is 24.3 Å². The van der Waals surface area contributed by atoms with Gasteiger partial charge in [0.2, 0.25) is 0 Å². The molecule has 0 spiro atoms. The van der Waals surface area contributed by atoms with Gasteiger partial charge in [0.15, 0.2) is 0 Å². The van der Waals surface area contributed by atoms with Gasteiger partial charge in [-0.15, -0.1) is 0 Å². The number of carbonyl (C=O) groups excluding carboxylic acids is 2. The molecule has 86 valence electrons. The van der Waals surface area contributed by atoms with E-state index in [0.29, 0.717) is 0 Å². The maximum atomic E-state index is 12.5. The molecule has 2 N–H and O–H groups in total. The minimum absolute atomic E-state index is 0.207. The number of nitrogens with one attached hydrogen (secondary N) is 2. The van der Waals surface area contributed by atoms with Gasteiger partial charge < -0.3 is 4.74 Å². The Kier molecular flexibility index (Phi) is 4.26. The summed E-state index contributed by atoms with van der Waals surface area (Å²) in [5, 5.41) is 0. The van der Waals surface area contributed by atoms with E-state index >= 15 is 0 Å². The van der Waals surface area contributed by atoms with Gasteiger partial charge in [0.1, 0.15) is 5.82 Å². The van der Waals surface area contributed by atoms with Crippen LogP contribution in [0.2, 0.25) is 0 Å². The monoisotopic (exact) mass is 226 g/mol. The fourth-order valence-corrected chi connectivity index (χ4v) is 0.948. The summed E-state index contributed by atoms with van der Waals surface area (Å²) in [6, 6.07) is 4.91. The molecule has 1 rings (SSSR count). The zero-order chi connectivity index (χ0) is 12.0. The molecule has 2 amide bonds. The lowest BCUT2D eigenvalue weighted by molar-refractivity contribution is 0.0912. The van der Waals surface area contributed by atoms with E-state index in [-0.39, 0.29) is 12.2 Å². The van der Waals surface area contributed by atoms with Crippen molar-refractivity contribution in [3.05, 3.63) is 35.6 Å². The Morgan fingerprint density at radius 1 is 1.25 bits per heavy atom. The summed E-state index contributed by atoms with van der Waals surface area (Å²) >= 11 is 0. The quantitative estimate of drug-likeness (QED) is 0.745. The van der Waals surface area contributed by atoms with E-state index in [1.807, 2.05) is 5.43 Å². The Balaban J connectivity index is 2.47. The predicted molar refractivity (Wildman–Crippen MR) is 54.0 cm³/mol. The van der Waals surface area contributed by atoms with Gasteiger partial charge in [-0.05, 0) is 31.2 Å². The van der Waals surface area contributed by atoms with Crippen LogP contribution < -0.4 is 10.9 Å². The minimum Gasteiger partial charge on any atom is -0.449 e. The molecule has 0 aliphatic heterocycles. The van der Waals surface area contributed by atoms with Gasteiger partial charge in [0, 0.05) is 5.56 Å². The van der Waals surface area contributed by atoms with Crippen LogP contribution in [-0.4, -0.2) is 18.6 Å². The molecule has 1 aromatic rings. The maximum absolute atomic E-state index is 12.5. The van der Waals surface area contributed by atoms with E-state index in [1.165, 1.54) is 12.1 Å². The number of hydrogen-bond donors (Lipinski definition) is 2. The van der Waals surface area contributed by atoms with Gasteiger partial charge in [0.05, 0.1) is 6.61 Å². The molecule has 5 nitrogen and oxygen atoms in total. The lowest BCUT2D eigenvalue weighted by atomic mass is 10.2. The van der Waals surface area contributed by atoms with E-state index in [4.69, 9.17) is 0 Å². The predicted octanol–water partition coefficient (Wildman–Crippen LogP) is 1.22. The van der Waals surface area contributed by atoms with Gasteiger partial charge in [-0.25, -0.2) is 14.6 Å². The summed E-state index contributed by atoms with van der Waals surface area (Å²) in [5.41, 5.74) is 4.39. The molecule has 0 aliphatic rings. The SMILES string of the molecule is CCOC(=O)NNC(=O)c1ccc(F)cc1. The second kappa shape index (κ2) is 5.69. The molecule has 6 heteroatoms. The van der Waals surface area contributed by atoms with Crippen LogP contribution in [0.25, 0.3) is 0 Å². The smallest absolute Gasteiger partial charge is 0.426 e. The first-order valence-electron chi connectivity index (χ1n) is 4.62. The Morgan fingerprint density at radius 2 is 1.88 bits per heavy atom. The van der Waals surface area contributed by atoms with E-state index in [1.54, 1.807) is 6.92 Å². The van der Waals surface area contributed by atoms with Crippen molar-refractivity contribution in [2.75, 3.05) is 6.61 Å². The number of carbonyl (C=O) groups is 2. The van der Waals surface area contributed by atoms with Crippen molar-refractivity contribution in [3.8, 4) is 0 Å². The number of amides is 2.